The summed E-state index contributed by atoms with van der Waals surface area (Å²) in [5, 5.41) is 0. The molecule has 0 N–H and O–H groups in total. The molecule has 0 aliphatic heterocycles. The van der Waals surface area contributed by atoms with E-state index in [1.807, 2.05) is 0 Å². The van der Waals surface area contributed by atoms with E-state index in [1.165, 1.54) is 0 Å². The number of imide groups is 1. The van der Waals surface area contributed by atoms with Crippen LogP contribution in [0, 0.1) is 0 Å². The van der Waals surface area contributed by atoms with Crippen LogP contribution in [0.25, 0.3) is 0 Å². The fraction of sp³-hybridized carbons (Fsp3) is 0.529. The minimum Gasteiger partial charge on any atom is -0.464 e. The van der Waals surface area contributed by atoms with E-state index in [1.54, 1.807) is 41.5 Å². The highest BCUT2D eigenvalue weighted by Gasteiger charge is 2.37. The van der Waals surface area contributed by atoms with Gasteiger partial charge in [0.25, 0.3) is 0 Å². The number of methoxy groups -OCH3 is 1. The molecule has 10 heteroatoms. The molecule has 148 valence electrons. The Hall–Kier alpha value is -3.04. The van der Waals surface area contributed by atoms with Gasteiger partial charge in [-0.2, -0.15) is 4.90 Å². The molecular formula is C17H23N3O7. The molecule has 0 atom stereocenters. The second kappa shape index (κ2) is 8.11. The lowest BCUT2D eigenvalue weighted by Gasteiger charge is -2.28. The van der Waals surface area contributed by atoms with Gasteiger partial charge in [0, 0.05) is 0 Å². The van der Waals surface area contributed by atoms with Crippen molar-refractivity contribution in [3.8, 4) is 0 Å². The van der Waals surface area contributed by atoms with Gasteiger partial charge < -0.3 is 14.2 Å². The summed E-state index contributed by atoms with van der Waals surface area (Å²) in [6.07, 6.45) is -0.955. The molecule has 27 heavy (non-hydrogen) atoms. The van der Waals surface area contributed by atoms with Crippen molar-refractivity contribution in [3.05, 3.63) is 17.6 Å². The summed E-state index contributed by atoms with van der Waals surface area (Å²) in [6, 6.07) is 0. The summed E-state index contributed by atoms with van der Waals surface area (Å²) in [5.74, 6) is -1.50. The molecule has 2 amide bonds. The van der Waals surface area contributed by atoms with Crippen LogP contribution in [-0.2, 0) is 14.2 Å². The fourth-order valence-corrected chi connectivity index (χ4v) is 1.71. The number of carbonyl (C=O) groups is 4. The van der Waals surface area contributed by atoms with E-state index in [0.717, 1.165) is 13.3 Å². The molecule has 0 saturated heterocycles. The molecule has 0 aliphatic rings. The molecule has 1 aromatic rings. The fourth-order valence-electron chi connectivity index (χ4n) is 1.71. The Morgan fingerprint density at radius 2 is 1.48 bits per heavy atom. The minimum atomic E-state index is -1.15. The summed E-state index contributed by atoms with van der Waals surface area (Å²) in [6.45, 7) is 9.54. The van der Waals surface area contributed by atoms with Gasteiger partial charge in [-0.15, -0.1) is 0 Å². The molecule has 0 bridgehead atoms. The molecule has 0 aliphatic carbocycles. The number of hydrogen-bond donors (Lipinski definition) is 0. The highest BCUT2D eigenvalue weighted by atomic mass is 16.6. The monoisotopic (exact) mass is 381 g/mol. The van der Waals surface area contributed by atoms with Crippen LogP contribution in [0.15, 0.2) is 6.20 Å². The number of carbonyl (C=O) groups excluding carboxylic acids is 4. The molecule has 0 fully saturated rings. The van der Waals surface area contributed by atoms with Crippen molar-refractivity contribution in [2.75, 3.05) is 12.0 Å². The standard InChI is InChI=1S/C17H23N3O7/c1-16(2,3)26-14(23)20(15(24)27-17(4,5)6)12-11(13(22)25-7)18-8-10(9-21)19-12/h8-9H,1-7H3. The average Bonchev–Trinajstić information content (AvgIpc) is 2.50. The molecule has 0 saturated carbocycles. The molecule has 1 heterocycles. The predicted molar refractivity (Wildman–Crippen MR) is 93.7 cm³/mol. The summed E-state index contributed by atoms with van der Waals surface area (Å²) in [7, 11) is 1.09. The van der Waals surface area contributed by atoms with Crippen molar-refractivity contribution in [2.24, 2.45) is 0 Å². The molecule has 1 rings (SSSR count). The van der Waals surface area contributed by atoms with E-state index in [-0.39, 0.29) is 5.69 Å². The maximum Gasteiger partial charge on any atom is 0.425 e. The molecular weight excluding hydrogens is 358 g/mol. The summed E-state index contributed by atoms with van der Waals surface area (Å²) in [5.41, 5.74) is -2.59. The van der Waals surface area contributed by atoms with Crippen molar-refractivity contribution in [1.29, 1.82) is 0 Å². The first-order valence-corrected chi connectivity index (χ1v) is 7.95. The normalized spacial score (nSPS) is 11.4. The number of amides is 2. The Bertz CT molecular complexity index is 720. The number of nitrogens with zero attached hydrogens (tertiary/aromatic N) is 3. The van der Waals surface area contributed by atoms with Gasteiger partial charge in [-0.25, -0.2) is 24.4 Å². The van der Waals surface area contributed by atoms with Crippen LogP contribution < -0.4 is 4.90 Å². The number of esters is 1. The van der Waals surface area contributed by atoms with E-state index in [0.29, 0.717) is 11.2 Å². The van der Waals surface area contributed by atoms with Crippen LogP contribution in [-0.4, -0.2) is 52.7 Å². The quantitative estimate of drug-likeness (QED) is 0.441. The van der Waals surface area contributed by atoms with Gasteiger partial charge in [-0.05, 0) is 41.5 Å². The largest absolute Gasteiger partial charge is 0.464 e. The van der Waals surface area contributed by atoms with E-state index in [4.69, 9.17) is 9.47 Å². The third kappa shape index (κ3) is 6.32. The van der Waals surface area contributed by atoms with Crippen molar-refractivity contribution < 1.29 is 33.4 Å². The van der Waals surface area contributed by atoms with Crippen LogP contribution in [0.5, 0.6) is 0 Å². The van der Waals surface area contributed by atoms with E-state index >= 15 is 0 Å². The summed E-state index contributed by atoms with van der Waals surface area (Å²) in [4.78, 5) is 56.4. The minimum absolute atomic E-state index is 0.213. The smallest absolute Gasteiger partial charge is 0.425 e. The first-order valence-electron chi connectivity index (χ1n) is 7.95. The second-order valence-corrected chi connectivity index (χ2v) is 7.37. The van der Waals surface area contributed by atoms with Crippen LogP contribution in [0.1, 0.15) is 62.5 Å². The molecule has 0 spiro atoms. The average molecular weight is 381 g/mol. The van der Waals surface area contributed by atoms with Crippen molar-refractivity contribution in [1.82, 2.24) is 9.97 Å². The first kappa shape index (κ1) is 22.0. The van der Waals surface area contributed by atoms with E-state index in [2.05, 4.69) is 14.7 Å². The lowest BCUT2D eigenvalue weighted by molar-refractivity contribution is 0.0428. The Morgan fingerprint density at radius 1 is 1.00 bits per heavy atom. The van der Waals surface area contributed by atoms with Gasteiger partial charge in [0.1, 0.15) is 16.9 Å². The predicted octanol–water partition coefficient (Wildman–Crippen LogP) is 2.75. The third-order valence-electron chi connectivity index (χ3n) is 2.64. The highest BCUT2D eigenvalue weighted by Crippen LogP contribution is 2.23. The Labute approximate surface area is 156 Å². The number of ether oxygens (including phenoxy) is 3. The number of aldehydes is 1. The maximum absolute atomic E-state index is 12.6. The zero-order valence-electron chi connectivity index (χ0n) is 16.4. The SMILES string of the molecule is COC(=O)c1ncc(C=O)nc1N(C(=O)OC(C)(C)C)C(=O)OC(C)(C)C. The Kier molecular flexibility index (Phi) is 6.60. The van der Waals surface area contributed by atoms with Crippen molar-refractivity contribution in [3.63, 3.8) is 0 Å². The molecule has 0 unspecified atom stereocenters. The number of aromatic nitrogens is 2. The number of hydrogen-bond acceptors (Lipinski definition) is 9. The van der Waals surface area contributed by atoms with Crippen molar-refractivity contribution >= 4 is 30.3 Å². The van der Waals surface area contributed by atoms with E-state index in [9.17, 15) is 19.2 Å². The summed E-state index contributed by atoms with van der Waals surface area (Å²) < 4.78 is 15.0. The van der Waals surface area contributed by atoms with Gasteiger partial charge >= 0.3 is 18.2 Å². The Balaban J connectivity index is 3.58. The molecule has 1 aromatic heterocycles. The van der Waals surface area contributed by atoms with Crippen LogP contribution in [0.4, 0.5) is 15.4 Å². The van der Waals surface area contributed by atoms with Gasteiger partial charge in [0.15, 0.2) is 17.8 Å². The van der Waals surface area contributed by atoms with Crippen LogP contribution >= 0.6 is 0 Å². The van der Waals surface area contributed by atoms with Gasteiger partial charge in [0.2, 0.25) is 0 Å². The maximum atomic E-state index is 12.6. The Morgan fingerprint density at radius 3 is 1.85 bits per heavy atom. The third-order valence-corrected chi connectivity index (χ3v) is 2.64. The highest BCUT2D eigenvalue weighted by molar-refractivity contribution is 6.12. The molecule has 0 aromatic carbocycles. The second-order valence-electron chi connectivity index (χ2n) is 7.37. The number of rotatable bonds is 3. The van der Waals surface area contributed by atoms with Gasteiger partial charge in [-0.3, -0.25) is 4.79 Å². The molecule has 10 nitrogen and oxygen atoms in total. The lowest BCUT2D eigenvalue weighted by atomic mass is 10.2. The van der Waals surface area contributed by atoms with Gasteiger partial charge in [0.05, 0.1) is 13.3 Å². The van der Waals surface area contributed by atoms with Crippen LogP contribution in [0.3, 0.4) is 0 Å². The van der Waals surface area contributed by atoms with Crippen LogP contribution in [0.2, 0.25) is 0 Å². The lowest BCUT2D eigenvalue weighted by Crippen LogP contribution is -2.45. The topological polar surface area (TPSA) is 125 Å². The zero-order chi connectivity index (χ0) is 21.0. The van der Waals surface area contributed by atoms with Crippen molar-refractivity contribution in [2.45, 2.75) is 52.7 Å². The first-order chi connectivity index (χ1) is 12.3. The zero-order valence-corrected chi connectivity index (χ0v) is 16.4. The van der Waals surface area contributed by atoms with Gasteiger partial charge in [-0.1, -0.05) is 0 Å². The summed E-state index contributed by atoms with van der Waals surface area (Å²) >= 11 is 0. The molecule has 0 radical (unpaired) electrons. The van der Waals surface area contributed by atoms with E-state index < -0.39 is 40.9 Å². The number of anilines is 1.